The Morgan fingerprint density at radius 1 is 0.639 bits per heavy atom. The lowest BCUT2D eigenvalue weighted by Crippen LogP contribution is -2.61. The van der Waals surface area contributed by atoms with Crippen molar-refractivity contribution in [1.29, 1.82) is 0 Å². The second kappa shape index (κ2) is 29.8. The van der Waals surface area contributed by atoms with Crippen molar-refractivity contribution in [1.82, 2.24) is 0 Å². The Kier molecular flexibility index (Phi) is 31.2. The van der Waals surface area contributed by atoms with E-state index >= 15 is 0 Å². The maximum atomic E-state index is 12.6. The molecule has 0 spiro atoms. The summed E-state index contributed by atoms with van der Waals surface area (Å²) < 4.78 is 22.0. The monoisotopic (exact) mass is 1020 g/mol. The highest BCUT2D eigenvalue weighted by Crippen LogP contribution is 2.61. The van der Waals surface area contributed by atoms with Crippen LogP contribution < -0.4 is 0 Å². The first kappa shape index (κ1) is 75.4. The molecule has 10 rings (SSSR count). The molecule has 2 N–H and O–H groups in total. The number of phenolic OH excluding ortho intramolecular Hbond substituents is 1. The molecule has 1 saturated heterocycles. The minimum absolute atomic E-state index is 0. The van der Waals surface area contributed by atoms with Gasteiger partial charge in [-0.1, -0.05) is 113 Å². The van der Waals surface area contributed by atoms with Crippen LogP contribution in [0.3, 0.4) is 0 Å². The number of aromatic hydroxyl groups is 1. The van der Waals surface area contributed by atoms with E-state index in [-0.39, 0.29) is 93.9 Å². The minimum atomic E-state index is -0.687. The molecular weight excluding hydrogens is 905 g/mol. The first-order chi connectivity index (χ1) is 29.9. The van der Waals surface area contributed by atoms with Gasteiger partial charge in [-0.25, -0.2) is 4.79 Å². The standard InChI is InChI=1S/C18H30O2.C16H26O3.C10H16O4.C10H14O.8CH4/c1-5-17(3,4)16(19)20-18(6-2)14-8-12-7-13(10-14)11-15(18)9-12;1-4-14(2,3)13(17)19-16-8-11-5-12(9-16)7-15(18,6-11)10-16;1-4-10(2,3)9(12)14-7-5-6-13-8(7)11;1-3-8(2)9-4-6-10(11)7-5-9;;;;;;;;/h12-15H,5-11H2,1-4H3;11-12,18H,4-10H2,1-3H3;7H,4-6H2,1-3H3;4-8,11H,3H2,1-2H3;8*1H4. The van der Waals surface area contributed by atoms with E-state index in [0.29, 0.717) is 61.2 Å². The fraction of sp³-hybridized carbons (Fsp3) is 0.839. The van der Waals surface area contributed by atoms with Crippen molar-refractivity contribution in [2.75, 3.05) is 6.61 Å². The zero-order valence-corrected chi connectivity index (χ0v) is 41.8. The van der Waals surface area contributed by atoms with Crippen LogP contribution in [0.5, 0.6) is 5.75 Å². The van der Waals surface area contributed by atoms with Crippen LogP contribution in [-0.4, -0.2) is 63.6 Å². The third-order valence-corrected chi connectivity index (χ3v) is 17.2. The third kappa shape index (κ3) is 17.5. The maximum absolute atomic E-state index is 12.6. The molecule has 0 amide bonds. The molecule has 4 unspecified atom stereocenters. The fourth-order valence-corrected chi connectivity index (χ4v) is 12.0. The predicted octanol–water partition coefficient (Wildman–Crippen LogP) is 16.9. The molecule has 426 valence electrons. The zero-order chi connectivity index (χ0) is 47.5. The van der Waals surface area contributed by atoms with Crippen LogP contribution in [0.1, 0.15) is 263 Å². The Morgan fingerprint density at radius 2 is 1.06 bits per heavy atom. The molecule has 8 bridgehead atoms. The molecule has 0 aromatic heterocycles. The van der Waals surface area contributed by atoms with Crippen molar-refractivity contribution in [3.63, 3.8) is 0 Å². The van der Waals surface area contributed by atoms with Gasteiger partial charge in [0.25, 0.3) is 0 Å². The molecule has 4 atom stereocenters. The molecule has 10 nitrogen and oxygen atoms in total. The molecule has 1 heterocycles. The highest BCUT2D eigenvalue weighted by Gasteiger charge is 2.61. The number of aliphatic hydroxyl groups is 1. The van der Waals surface area contributed by atoms with E-state index in [1.165, 1.54) is 44.1 Å². The lowest BCUT2D eigenvalue weighted by atomic mass is 9.49. The summed E-state index contributed by atoms with van der Waals surface area (Å²) in [5.41, 5.74) is -1.02. The maximum Gasteiger partial charge on any atom is 0.347 e. The lowest BCUT2D eigenvalue weighted by Gasteiger charge is -2.60. The highest BCUT2D eigenvalue weighted by molar-refractivity contribution is 5.82. The van der Waals surface area contributed by atoms with Gasteiger partial charge in [0.2, 0.25) is 6.10 Å². The summed E-state index contributed by atoms with van der Waals surface area (Å²) in [6.07, 6.45) is 16.6. The van der Waals surface area contributed by atoms with E-state index in [1.54, 1.807) is 26.0 Å². The number of hydrogen-bond donors (Lipinski definition) is 2. The van der Waals surface area contributed by atoms with E-state index in [1.807, 2.05) is 53.7 Å². The van der Waals surface area contributed by atoms with Crippen LogP contribution in [0.25, 0.3) is 0 Å². The van der Waals surface area contributed by atoms with Crippen molar-refractivity contribution in [3.05, 3.63) is 29.8 Å². The Morgan fingerprint density at radius 3 is 1.43 bits per heavy atom. The summed E-state index contributed by atoms with van der Waals surface area (Å²) in [5, 5.41) is 19.7. The summed E-state index contributed by atoms with van der Waals surface area (Å²) in [4.78, 5) is 47.6. The molecule has 9 aliphatic rings. The summed E-state index contributed by atoms with van der Waals surface area (Å²) in [7, 11) is 0. The molecule has 9 fully saturated rings. The van der Waals surface area contributed by atoms with E-state index in [2.05, 4.69) is 27.7 Å². The largest absolute Gasteiger partial charge is 0.508 e. The Hall–Kier alpha value is -3.14. The number of ether oxygens (including phenoxy) is 4. The average molecular weight is 1020 g/mol. The van der Waals surface area contributed by atoms with Gasteiger partial charge >= 0.3 is 23.9 Å². The van der Waals surface area contributed by atoms with Crippen LogP contribution >= 0.6 is 0 Å². The summed E-state index contributed by atoms with van der Waals surface area (Å²) in [5.74, 6) is 4.38. The predicted molar refractivity (Wildman–Crippen MR) is 303 cm³/mol. The van der Waals surface area contributed by atoms with Crippen LogP contribution in [0.2, 0.25) is 0 Å². The highest BCUT2D eigenvalue weighted by atomic mass is 16.6. The molecular formula is C62H118O10. The van der Waals surface area contributed by atoms with Crippen molar-refractivity contribution >= 4 is 23.9 Å². The summed E-state index contributed by atoms with van der Waals surface area (Å²) in [6, 6.07) is 7.43. The number of carbonyl (C=O) groups excluding carboxylic acids is 4. The molecule has 1 aromatic rings. The molecule has 8 saturated carbocycles. The van der Waals surface area contributed by atoms with Gasteiger partial charge < -0.3 is 29.2 Å². The summed E-state index contributed by atoms with van der Waals surface area (Å²) >= 11 is 0. The first-order valence-corrected chi connectivity index (χ1v) is 25.2. The van der Waals surface area contributed by atoms with Crippen LogP contribution in [-0.2, 0) is 38.1 Å². The second-order valence-electron chi connectivity index (χ2n) is 23.2. The number of esters is 4. The zero-order valence-electron chi connectivity index (χ0n) is 41.8. The number of rotatable bonds is 12. The third-order valence-electron chi connectivity index (χ3n) is 17.2. The topological polar surface area (TPSA) is 146 Å². The van der Waals surface area contributed by atoms with E-state index in [0.717, 1.165) is 63.2 Å². The Labute approximate surface area is 445 Å². The Bertz CT molecular complexity index is 1720. The van der Waals surface area contributed by atoms with Crippen LogP contribution in [0.4, 0.5) is 0 Å². The van der Waals surface area contributed by atoms with Crippen molar-refractivity contribution in [3.8, 4) is 5.75 Å². The van der Waals surface area contributed by atoms with Gasteiger partial charge in [0, 0.05) is 12.8 Å². The molecule has 0 radical (unpaired) electrons. The SMILES string of the molecule is C.C.C.C.C.C.C.C.CCC(C)(C)C(=O)OC1(CC)C2CC3CC(C2)CC1C3.CCC(C)(C)C(=O)OC12CC3CC(CC(O)(C3)C1)C2.CCC(C)(C)C(=O)OC1CCOC1=O.CCC(C)c1ccc(O)cc1. The summed E-state index contributed by atoms with van der Waals surface area (Å²) in [6.45, 7) is 24.5. The average Bonchev–Trinajstić information content (AvgIpc) is 3.64. The van der Waals surface area contributed by atoms with Crippen molar-refractivity contribution in [2.24, 2.45) is 51.8 Å². The Balaban J connectivity index is -0.000000422. The molecule has 10 heteroatoms. The van der Waals surface area contributed by atoms with E-state index < -0.39 is 28.5 Å². The lowest BCUT2D eigenvalue weighted by molar-refractivity contribution is -0.225. The van der Waals surface area contributed by atoms with Crippen molar-refractivity contribution in [2.45, 2.75) is 280 Å². The number of phenols is 1. The first-order valence-electron chi connectivity index (χ1n) is 25.2. The van der Waals surface area contributed by atoms with Gasteiger partial charge in [-0.05, 0) is 197 Å². The number of benzene rings is 1. The van der Waals surface area contributed by atoms with Gasteiger partial charge in [-0.2, -0.15) is 0 Å². The van der Waals surface area contributed by atoms with E-state index in [4.69, 9.17) is 24.1 Å². The number of cyclic esters (lactones) is 1. The fourth-order valence-electron chi connectivity index (χ4n) is 12.0. The van der Waals surface area contributed by atoms with Gasteiger partial charge in [0.1, 0.15) is 17.0 Å². The van der Waals surface area contributed by atoms with Crippen LogP contribution in [0.15, 0.2) is 24.3 Å². The molecule has 1 aromatic carbocycles. The molecule has 8 aliphatic carbocycles. The second-order valence-corrected chi connectivity index (χ2v) is 23.2. The van der Waals surface area contributed by atoms with Gasteiger partial charge in [0.15, 0.2) is 0 Å². The molecule has 72 heavy (non-hydrogen) atoms. The van der Waals surface area contributed by atoms with E-state index in [9.17, 15) is 24.3 Å². The van der Waals surface area contributed by atoms with Crippen molar-refractivity contribution < 1.29 is 48.3 Å². The number of carbonyl (C=O) groups is 4. The van der Waals surface area contributed by atoms with Gasteiger partial charge in [-0.15, -0.1) is 0 Å². The normalized spacial score (nSPS) is 29.8. The van der Waals surface area contributed by atoms with Crippen LogP contribution in [0, 0.1) is 51.8 Å². The minimum Gasteiger partial charge on any atom is -0.508 e. The number of hydrogen-bond acceptors (Lipinski definition) is 10. The quantitative estimate of drug-likeness (QED) is 0.153. The van der Waals surface area contributed by atoms with Gasteiger partial charge in [0.05, 0.1) is 28.5 Å². The van der Waals surface area contributed by atoms with Gasteiger partial charge in [-0.3, -0.25) is 14.4 Å². The molecule has 1 aliphatic heterocycles. The smallest absolute Gasteiger partial charge is 0.347 e.